The Hall–Kier alpha value is -2.14. The van der Waals surface area contributed by atoms with Gasteiger partial charge in [0.1, 0.15) is 5.82 Å². The fourth-order valence-corrected chi connectivity index (χ4v) is 2.63. The zero-order valence-corrected chi connectivity index (χ0v) is 12.0. The highest BCUT2D eigenvalue weighted by atomic mass is 16.1. The van der Waals surface area contributed by atoms with Crippen LogP contribution in [0.2, 0.25) is 0 Å². The fourth-order valence-electron chi connectivity index (χ4n) is 2.63. The molecular formula is C16H20N4O. The molecule has 0 unspecified atom stereocenters. The van der Waals surface area contributed by atoms with Gasteiger partial charge in [-0.3, -0.25) is 4.79 Å². The molecule has 0 saturated carbocycles. The number of fused-ring (bicyclic) bond motifs is 1. The van der Waals surface area contributed by atoms with E-state index < -0.39 is 0 Å². The third-order valence-corrected chi connectivity index (χ3v) is 3.74. The summed E-state index contributed by atoms with van der Waals surface area (Å²) < 4.78 is 2.25. The second-order valence-electron chi connectivity index (χ2n) is 5.36. The molecule has 3 N–H and O–H groups in total. The highest BCUT2D eigenvalue weighted by Crippen LogP contribution is 2.23. The summed E-state index contributed by atoms with van der Waals surface area (Å²) in [6.07, 6.45) is 5.98. The van der Waals surface area contributed by atoms with Crippen molar-refractivity contribution < 1.29 is 4.79 Å². The van der Waals surface area contributed by atoms with Crippen LogP contribution in [0.25, 0.3) is 11.3 Å². The molecule has 5 heteroatoms. The van der Waals surface area contributed by atoms with E-state index in [1.165, 1.54) is 18.7 Å². The Labute approximate surface area is 124 Å². The Morgan fingerprint density at radius 3 is 2.81 bits per heavy atom. The number of carbonyl (C=O) groups excluding carboxylic acids is 1. The number of hydrogen-bond donors (Lipinski definition) is 2. The van der Waals surface area contributed by atoms with Gasteiger partial charge in [0.05, 0.1) is 5.69 Å². The zero-order chi connectivity index (χ0) is 14.7. The number of nitrogens with one attached hydrogen (secondary N) is 1. The minimum atomic E-state index is -0.0531. The summed E-state index contributed by atoms with van der Waals surface area (Å²) in [5, 5.41) is 2.83. The highest BCUT2D eigenvalue weighted by molar-refractivity contribution is 5.91. The van der Waals surface area contributed by atoms with E-state index in [1.54, 1.807) is 0 Å². The minimum Gasteiger partial charge on any atom is -0.334 e. The maximum absolute atomic E-state index is 11.5. The van der Waals surface area contributed by atoms with Crippen LogP contribution in [0.1, 0.15) is 25.1 Å². The maximum Gasteiger partial charge on any atom is 0.225 e. The molecule has 0 spiro atoms. The van der Waals surface area contributed by atoms with E-state index in [1.807, 2.05) is 24.3 Å². The molecule has 0 bridgehead atoms. The number of nitrogens with zero attached hydrogens (tertiary/aromatic N) is 2. The molecule has 0 aliphatic carbocycles. The van der Waals surface area contributed by atoms with Gasteiger partial charge in [0.2, 0.25) is 5.91 Å². The van der Waals surface area contributed by atoms with Crippen molar-refractivity contribution in [2.75, 3.05) is 11.9 Å². The topological polar surface area (TPSA) is 72.9 Å². The third kappa shape index (κ3) is 3.13. The van der Waals surface area contributed by atoms with Gasteiger partial charge in [-0.05, 0) is 25.0 Å². The second kappa shape index (κ2) is 6.10. The van der Waals surface area contributed by atoms with Crippen LogP contribution < -0.4 is 11.1 Å². The van der Waals surface area contributed by atoms with Crippen molar-refractivity contribution in [2.24, 2.45) is 5.73 Å². The average molecular weight is 284 g/mol. The number of imidazole rings is 1. The predicted molar refractivity (Wildman–Crippen MR) is 82.9 cm³/mol. The molecule has 110 valence electrons. The van der Waals surface area contributed by atoms with Gasteiger partial charge in [-0.2, -0.15) is 0 Å². The lowest BCUT2D eigenvalue weighted by Gasteiger charge is -2.11. The highest BCUT2D eigenvalue weighted by Gasteiger charge is 2.13. The SMILES string of the molecule is NCCC(=O)Nc1ccc(-c2cn3c(n2)CCCC3)cc1. The van der Waals surface area contributed by atoms with Crippen LogP contribution in [-0.4, -0.2) is 22.0 Å². The molecular weight excluding hydrogens is 264 g/mol. The molecule has 0 atom stereocenters. The standard InChI is InChI=1S/C16H20N4O/c17-9-8-16(21)18-13-6-4-12(5-7-13)14-11-20-10-2-1-3-15(20)19-14/h4-7,11H,1-3,8-10,17H2,(H,18,21). The quantitative estimate of drug-likeness (QED) is 0.903. The van der Waals surface area contributed by atoms with Crippen LogP contribution in [0.5, 0.6) is 0 Å². The number of aromatic nitrogens is 2. The Bertz CT molecular complexity index is 607. The van der Waals surface area contributed by atoms with E-state index in [0.29, 0.717) is 13.0 Å². The molecule has 2 heterocycles. The summed E-state index contributed by atoms with van der Waals surface area (Å²) in [4.78, 5) is 16.2. The fraction of sp³-hybridized carbons (Fsp3) is 0.375. The maximum atomic E-state index is 11.5. The number of benzene rings is 1. The van der Waals surface area contributed by atoms with Crippen molar-refractivity contribution in [1.82, 2.24) is 9.55 Å². The summed E-state index contributed by atoms with van der Waals surface area (Å²) in [6.45, 7) is 1.43. The van der Waals surface area contributed by atoms with Crippen molar-refractivity contribution in [3.05, 3.63) is 36.3 Å². The Morgan fingerprint density at radius 1 is 1.29 bits per heavy atom. The van der Waals surface area contributed by atoms with Crippen molar-refractivity contribution in [2.45, 2.75) is 32.2 Å². The zero-order valence-electron chi connectivity index (χ0n) is 12.0. The minimum absolute atomic E-state index is 0.0531. The van der Waals surface area contributed by atoms with Crippen LogP contribution in [-0.2, 0) is 17.8 Å². The number of nitrogens with two attached hydrogens (primary N) is 1. The summed E-state index contributed by atoms with van der Waals surface area (Å²) in [5.74, 6) is 1.12. The second-order valence-corrected chi connectivity index (χ2v) is 5.36. The molecule has 5 nitrogen and oxygen atoms in total. The average Bonchev–Trinajstić information content (AvgIpc) is 2.92. The first-order valence-electron chi connectivity index (χ1n) is 7.42. The summed E-state index contributed by atoms with van der Waals surface area (Å²) in [7, 11) is 0. The van der Waals surface area contributed by atoms with Gasteiger partial charge < -0.3 is 15.6 Å². The number of anilines is 1. The van der Waals surface area contributed by atoms with E-state index in [0.717, 1.165) is 29.9 Å². The molecule has 1 aliphatic heterocycles. The van der Waals surface area contributed by atoms with Crippen LogP contribution in [0.4, 0.5) is 5.69 Å². The van der Waals surface area contributed by atoms with Gasteiger partial charge in [-0.25, -0.2) is 4.98 Å². The van der Waals surface area contributed by atoms with Crippen LogP contribution in [0.3, 0.4) is 0 Å². The lowest BCUT2D eigenvalue weighted by molar-refractivity contribution is -0.116. The predicted octanol–water partition coefficient (Wildman–Crippen LogP) is 2.17. The summed E-state index contributed by atoms with van der Waals surface area (Å²) in [5.41, 5.74) is 8.24. The molecule has 1 amide bonds. The van der Waals surface area contributed by atoms with E-state index in [9.17, 15) is 4.79 Å². The van der Waals surface area contributed by atoms with Crippen LogP contribution >= 0.6 is 0 Å². The molecule has 1 aromatic carbocycles. The molecule has 0 saturated heterocycles. The van der Waals surface area contributed by atoms with E-state index in [-0.39, 0.29) is 5.91 Å². The first-order chi connectivity index (χ1) is 10.3. The Kier molecular flexibility index (Phi) is 4.01. The molecule has 0 radical (unpaired) electrons. The molecule has 1 aromatic heterocycles. The number of aryl methyl sites for hydroxylation is 2. The number of carbonyl (C=O) groups is 1. The van der Waals surface area contributed by atoms with E-state index in [2.05, 4.69) is 16.1 Å². The van der Waals surface area contributed by atoms with Gasteiger partial charge >= 0.3 is 0 Å². The monoisotopic (exact) mass is 284 g/mol. The van der Waals surface area contributed by atoms with E-state index in [4.69, 9.17) is 10.7 Å². The van der Waals surface area contributed by atoms with Crippen LogP contribution in [0.15, 0.2) is 30.5 Å². The van der Waals surface area contributed by atoms with Crippen molar-refractivity contribution in [1.29, 1.82) is 0 Å². The first kappa shape index (κ1) is 13.8. The lowest BCUT2D eigenvalue weighted by Crippen LogP contribution is -2.15. The summed E-state index contributed by atoms with van der Waals surface area (Å²) >= 11 is 0. The molecule has 3 rings (SSSR count). The first-order valence-corrected chi connectivity index (χ1v) is 7.42. The van der Waals surface area contributed by atoms with Crippen molar-refractivity contribution >= 4 is 11.6 Å². The molecule has 0 fully saturated rings. The van der Waals surface area contributed by atoms with E-state index >= 15 is 0 Å². The normalized spacial score (nSPS) is 13.8. The molecule has 1 aliphatic rings. The van der Waals surface area contributed by atoms with Gasteiger partial charge in [0.15, 0.2) is 0 Å². The number of rotatable bonds is 4. The lowest BCUT2D eigenvalue weighted by atomic mass is 10.1. The smallest absolute Gasteiger partial charge is 0.225 e. The van der Waals surface area contributed by atoms with Gasteiger partial charge in [0.25, 0.3) is 0 Å². The molecule has 2 aromatic rings. The van der Waals surface area contributed by atoms with Crippen LogP contribution in [0, 0.1) is 0 Å². The van der Waals surface area contributed by atoms with Gasteiger partial charge in [0, 0.05) is 43.4 Å². The number of hydrogen-bond acceptors (Lipinski definition) is 3. The Morgan fingerprint density at radius 2 is 2.10 bits per heavy atom. The third-order valence-electron chi connectivity index (χ3n) is 3.74. The Balaban J connectivity index is 1.74. The van der Waals surface area contributed by atoms with Crippen molar-refractivity contribution in [3.8, 4) is 11.3 Å². The number of amides is 1. The summed E-state index contributed by atoms with van der Waals surface area (Å²) in [6, 6.07) is 7.79. The molecule has 21 heavy (non-hydrogen) atoms. The van der Waals surface area contributed by atoms with Crippen molar-refractivity contribution in [3.63, 3.8) is 0 Å². The van der Waals surface area contributed by atoms with Gasteiger partial charge in [-0.15, -0.1) is 0 Å². The van der Waals surface area contributed by atoms with Gasteiger partial charge in [-0.1, -0.05) is 12.1 Å². The largest absolute Gasteiger partial charge is 0.334 e.